The third-order valence-electron chi connectivity index (χ3n) is 1.66. The number of nitrogens with zero attached hydrogens (tertiary/aromatic N) is 1. The summed E-state index contributed by atoms with van der Waals surface area (Å²) in [4.78, 5) is 12.4. The molecule has 6 heteroatoms. The Bertz CT molecular complexity index is 222. The van der Waals surface area contributed by atoms with Crippen LogP contribution in [0, 0.1) is 0 Å². The summed E-state index contributed by atoms with van der Waals surface area (Å²) in [6.07, 6.45) is -3.84. The molecule has 0 spiro atoms. The first-order valence-corrected chi connectivity index (χ1v) is 5.42. The Labute approximate surface area is 95.9 Å². The second-order valence-electron chi connectivity index (χ2n) is 3.81. The Hall–Kier alpha value is -0.260. The highest BCUT2D eigenvalue weighted by atomic mass is 79.9. The summed E-state index contributed by atoms with van der Waals surface area (Å²) in [5, 5.41) is 0. The van der Waals surface area contributed by atoms with Gasteiger partial charge in [0, 0.05) is 6.54 Å². The minimum atomic E-state index is -4.34. The third kappa shape index (κ3) is 6.02. The normalized spacial score (nSPS) is 12.7. The van der Waals surface area contributed by atoms with Crippen LogP contribution in [0.5, 0.6) is 0 Å². The summed E-state index contributed by atoms with van der Waals surface area (Å²) in [5.74, 6) is -0.540. The lowest BCUT2D eigenvalue weighted by atomic mass is 10.2. The van der Waals surface area contributed by atoms with Gasteiger partial charge in [0.1, 0.15) is 6.54 Å². The fraction of sp³-hybridized carbons (Fsp3) is 0.889. The number of rotatable bonds is 4. The van der Waals surface area contributed by atoms with Gasteiger partial charge < -0.3 is 4.90 Å². The Kier molecular flexibility index (Phi) is 5.09. The molecule has 2 nitrogen and oxygen atoms in total. The van der Waals surface area contributed by atoms with Crippen LogP contribution < -0.4 is 0 Å². The molecular formula is C9H15BrF3NO. The highest BCUT2D eigenvalue weighted by Crippen LogP contribution is 2.23. The van der Waals surface area contributed by atoms with E-state index in [1.165, 1.54) is 13.8 Å². The zero-order chi connectivity index (χ0) is 12.3. The maximum atomic E-state index is 12.2. The summed E-state index contributed by atoms with van der Waals surface area (Å²) < 4.78 is 35.6. The van der Waals surface area contributed by atoms with E-state index in [0.717, 1.165) is 4.90 Å². The lowest BCUT2D eigenvalue weighted by Crippen LogP contribution is -2.46. The molecule has 0 atom stereocenters. The quantitative estimate of drug-likeness (QED) is 0.729. The molecule has 15 heavy (non-hydrogen) atoms. The summed E-state index contributed by atoms with van der Waals surface area (Å²) in [5.41, 5.74) is 0. The highest BCUT2D eigenvalue weighted by Gasteiger charge is 2.36. The first kappa shape index (κ1) is 14.7. The van der Waals surface area contributed by atoms with Crippen LogP contribution in [0.25, 0.3) is 0 Å². The Morgan fingerprint density at radius 1 is 1.33 bits per heavy atom. The second kappa shape index (κ2) is 5.18. The van der Waals surface area contributed by atoms with E-state index in [4.69, 9.17) is 0 Å². The van der Waals surface area contributed by atoms with Gasteiger partial charge in [0.15, 0.2) is 0 Å². The van der Waals surface area contributed by atoms with Crippen molar-refractivity contribution in [2.75, 3.05) is 13.1 Å². The van der Waals surface area contributed by atoms with E-state index < -0.39 is 23.0 Å². The molecule has 0 saturated carbocycles. The highest BCUT2D eigenvalue weighted by molar-refractivity contribution is 9.10. The number of hydrogen-bond donors (Lipinski definition) is 0. The maximum Gasteiger partial charge on any atom is 0.406 e. The Balaban J connectivity index is 4.60. The van der Waals surface area contributed by atoms with Crippen molar-refractivity contribution in [1.82, 2.24) is 4.90 Å². The topological polar surface area (TPSA) is 20.3 Å². The van der Waals surface area contributed by atoms with Crippen molar-refractivity contribution < 1.29 is 18.0 Å². The average molecular weight is 290 g/mol. The third-order valence-corrected chi connectivity index (χ3v) is 2.00. The SMILES string of the molecule is CCCN(CC(F)(F)F)C(=O)C(C)(C)Br. The molecule has 0 aliphatic carbocycles. The second-order valence-corrected chi connectivity index (χ2v) is 5.80. The standard InChI is InChI=1S/C9H15BrF3NO/c1-4-5-14(6-9(11,12)13)7(15)8(2,3)10/h4-6H2,1-3H3. The number of carbonyl (C=O) groups is 1. The zero-order valence-electron chi connectivity index (χ0n) is 8.99. The van der Waals surface area contributed by atoms with Crippen LogP contribution in [-0.2, 0) is 4.79 Å². The summed E-state index contributed by atoms with van der Waals surface area (Å²) in [7, 11) is 0. The molecule has 0 aromatic carbocycles. The molecule has 0 saturated heterocycles. The zero-order valence-corrected chi connectivity index (χ0v) is 10.6. The van der Waals surface area contributed by atoms with Crippen LogP contribution in [-0.4, -0.2) is 34.4 Å². The van der Waals surface area contributed by atoms with E-state index in [1.807, 2.05) is 0 Å². The fourth-order valence-electron chi connectivity index (χ4n) is 1.11. The van der Waals surface area contributed by atoms with E-state index in [2.05, 4.69) is 15.9 Å². The molecule has 0 unspecified atom stereocenters. The summed E-state index contributed by atoms with van der Waals surface area (Å²) in [6.45, 7) is 3.74. The van der Waals surface area contributed by atoms with Crippen molar-refractivity contribution in [1.29, 1.82) is 0 Å². The predicted molar refractivity (Wildman–Crippen MR) is 55.9 cm³/mol. The largest absolute Gasteiger partial charge is 0.406 e. The molecule has 0 N–H and O–H groups in total. The molecule has 0 bridgehead atoms. The number of halogens is 4. The lowest BCUT2D eigenvalue weighted by Gasteiger charge is -2.28. The minimum absolute atomic E-state index is 0.118. The first-order valence-electron chi connectivity index (χ1n) is 4.63. The molecule has 1 amide bonds. The number of hydrogen-bond acceptors (Lipinski definition) is 1. The van der Waals surface area contributed by atoms with Crippen molar-refractivity contribution in [3.05, 3.63) is 0 Å². The Morgan fingerprint density at radius 3 is 2.07 bits per heavy atom. The number of carbonyl (C=O) groups excluding carboxylic acids is 1. The van der Waals surface area contributed by atoms with Gasteiger partial charge >= 0.3 is 6.18 Å². The molecule has 0 aromatic rings. The smallest absolute Gasteiger partial charge is 0.332 e. The van der Waals surface area contributed by atoms with Crippen molar-refractivity contribution in [2.24, 2.45) is 0 Å². The van der Waals surface area contributed by atoms with Gasteiger partial charge in [-0.05, 0) is 20.3 Å². The van der Waals surface area contributed by atoms with Gasteiger partial charge in [-0.1, -0.05) is 22.9 Å². The molecule has 0 aliphatic heterocycles. The van der Waals surface area contributed by atoms with Crippen molar-refractivity contribution in [3.63, 3.8) is 0 Å². The van der Waals surface area contributed by atoms with Crippen molar-refractivity contribution in [2.45, 2.75) is 37.7 Å². The number of amides is 1. The van der Waals surface area contributed by atoms with Crippen LogP contribution >= 0.6 is 15.9 Å². The monoisotopic (exact) mass is 289 g/mol. The molecule has 0 radical (unpaired) electrons. The molecule has 0 fully saturated rings. The van der Waals surface area contributed by atoms with E-state index in [9.17, 15) is 18.0 Å². The van der Waals surface area contributed by atoms with E-state index in [1.54, 1.807) is 6.92 Å². The maximum absolute atomic E-state index is 12.2. The molecule has 0 aliphatic rings. The van der Waals surface area contributed by atoms with Gasteiger partial charge in [0.05, 0.1) is 4.32 Å². The summed E-state index contributed by atoms with van der Waals surface area (Å²) >= 11 is 3.06. The van der Waals surface area contributed by atoms with Crippen molar-refractivity contribution in [3.8, 4) is 0 Å². The molecular weight excluding hydrogens is 275 g/mol. The molecule has 90 valence electrons. The molecule has 0 aromatic heterocycles. The number of alkyl halides is 4. The predicted octanol–water partition coefficient (Wildman–Crippen LogP) is 2.96. The van der Waals surface area contributed by atoms with Crippen LogP contribution in [0.15, 0.2) is 0 Å². The van der Waals surface area contributed by atoms with Gasteiger partial charge in [-0.15, -0.1) is 0 Å². The van der Waals surface area contributed by atoms with E-state index in [0.29, 0.717) is 6.42 Å². The van der Waals surface area contributed by atoms with E-state index in [-0.39, 0.29) is 6.54 Å². The van der Waals surface area contributed by atoms with Crippen LogP contribution in [0.2, 0.25) is 0 Å². The van der Waals surface area contributed by atoms with Gasteiger partial charge in [0.25, 0.3) is 0 Å². The minimum Gasteiger partial charge on any atom is -0.332 e. The first-order chi connectivity index (χ1) is 6.58. The van der Waals surface area contributed by atoms with Gasteiger partial charge in [-0.25, -0.2) is 0 Å². The van der Waals surface area contributed by atoms with Gasteiger partial charge in [-0.2, -0.15) is 13.2 Å². The van der Waals surface area contributed by atoms with E-state index >= 15 is 0 Å². The molecule has 0 heterocycles. The van der Waals surface area contributed by atoms with Crippen LogP contribution in [0.1, 0.15) is 27.2 Å². The van der Waals surface area contributed by atoms with Gasteiger partial charge in [-0.3, -0.25) is 4.79 Å². The van der Waals surface area contributed by atoms with Crippen molar-refractivity contribution >= 4 is 21.8 Å². The molecule has 0 rings (SSSR count). The van der Waals surface area contributed by atoms with Crippen LogP contribution in [0.3, 0.4) is 0 Å². The van der Waals surface area contributed by atoms with Gasteiger partial charge in [0.2, 0.25) is 5.91 Å². The summed E-state index contributed by atoms with van der Waals surface area (Å²) in [6, 6.07) is 0. The average Bonchev–Trinajstić information content (AvgIpc) is 1.98. The Morgan fingerprint density at radius 2 is 1.80 bits per heavy atom. The lowest BCUT2D eigenvalue weighted by molar-refractivity contribution is -0.162. The van der Waals surface area contributed by atoms with Crippen LogP contribution in [0.4, 0.5) is 13.2 Å². The fourth-order valence-corrected chi connectivity index (χ4v) is 1.37.